The summed E-state index contributed by atoms with van der Waals surface area (Å²) in [6.07, 6.45) is 5.58. The van der Waals surface area contributed by atoms with Gasteiger partial charge in [0.05, 0.1) is 5.69 Å². The summed E-state index contributed by atoms with van der Waals surface area (Å²) in [5, 5.41) is 14.5. The lowest BCUT2D eigenvalue weighted by atomic mass is 9.96. The first kappa shape index (κ1) is 16.2. The van der Waals surface area contributed by atoms with Crippen LogP contribution in [0.3, 0.4) is 0 Å². The van der Waals surface area contributed by atoms with E-state index >= 15 is 0 Å². The largest absolute Gasteiger partial charge is 0.347 e. The zero-order valence-electron chi connectivity index (χ0n) is 14.9. The molecule has 0 bridgehead atoms. The monoisotopic (exact) mass is 378 g/mol. The molecule has 0 saturated carbocycles. The fourth-order valence-electron chi connectivity index (χ4n) is 3.47. The minimum Gasteiger partial charge on any atom is -0.347 e. The lowest BCUT2D eigenvalue weighted by Crippen LogP contribution is -2.33. The number of piperidine rings is 1. The summed E-state index contributed by atoms with van der Waals surface area (Å²) in [6.45, 7) is 3.81. The van der Waals surface area contributed by atoms with Gasteiger partial charge in [0.1, 0.15) is 5.82 Å². The van der Waals surface area contributed by atoms with E-state index in [2.05, 4.69) is 29.4 Å². The third-order valence-corrected chi connectivity index (χ3v) is 5.76. The Kier molecular flexibility index (Phi) is 4.01. The first-order valence-corrected chi connectivity index (χ1v) is 9.73. The van der Waals surface area contributed by atoms with Crippen molar-refractivity contribution in [2.75, 3.05) is 18.0 Å². The summed E-state index contributed by atoms with van der Waals surface area (Å²) in [5.74, 6) is 2.11. The number of fused-ring (bicyclic) bond motifs is 1. The Balaban J connectivity index is 1.40. The van der Waals surface area contributed by atoms with Crippen LogP contribution >= 0.6 is 11.5 Å². The van der Waals surface area contributed by atoms with E-state index in [0.717, 1.165) is 59.6 Å². The van der Waals surface area contributed by atoms with Gasteiger partial charge in [-0.2, -0.15) is 14.0 Å². The van der Waals surface area contributed by atoms with Crippen molar-refractivity contribution in [2.24, 2.45) is 0 Å². The molecule has 9 heteroatoms. The second-order valence-corrected chi connectivity index (χ2v) is 7.40. The highest BCUT2D eigenvalue weighted by Gasteiger charge is 2.26. The SMILES string of the molecule is Cc1nsc(N2CCC(c3nnc4ccc(-c5cccnc5)nn34)CC2)n1. The first-order chi connectivity index (χ1) is 13.3. The maximum absolute atomic E-state index is 4.78. The molecule has 1 fully saturated rings. The standard InChI is InChI=1S/C18H18N8S/c1-12-20-18(27-24-12)25-9-6-13(7-10-25)17-22-21-16-5-4-15(23-26(16)17)14-3-2-8-19-11-14/h2-5,8,11,13H,6-7,9-10H2,1H3. The number of hydrogen-bond acceptors (Lipinski definition) is 8. The van der Waals surface area contributed by atoms with Crippen molar-refractivity contribution in [3.05, 3.63) is 48.3 Å². The molecule has 0 unspecified atom stereocenters. The third-order valence-electron chi connectivity index (χ3n) is 4.89. The molecule has 1 aliphatic heterocycles. The summed E-state index contributed by atoms with van der Waals surface area (Å²) in [5.41, 5.74) is 2.64. The van der Waals surface area contributed by atoms with Crippen LogP contribution in [0.25, 0.3) is 16.9 Å². The maximum atomic E-state index is 4.78. The predicted molar refractivity (Wildman–Crippen MR) is 103 cm³/mol. The Morgan fingerprint density at radius 3 is 2.74 bits per heavy atom. The predicted octanol–water partition coefficient (Wildman–Crippen LogP) is 2.73. The average molecular weight is 378 g/mol. The molecule has 0 amide bonds. The molecule has 4 aromatic rings. The molecule has 0 aromatic carbocycles. The number of hydrogen-bond donors (Lipinski definition) is 0. The van der Waals surface area contributed by atoms with Gasteiger partial charge in [-0.15, -0.1) is 10.2 Å². The summed E-state index contributed by atoms with van der Waals surface area (Å²) in [7, 11) is 0. The van der Waals surface area contributed by atoms with E-state index < -0.39 is 0 Å². The smallest absolute Gasteiger partial charge is 0.205 e. The quantitative estimate of drug-likeness (QED) is 0.542. The number of aromatic nitrogens is 7. The Hall–Kier alpha value is -2.94. The zero-order valence-corrected chi connectivity index (χ0v) is 15.7. The molecule has 5 rings (SSSR count). The van der Waals surface area contributed by atoms with Gasteiger partial charge in [0.25, 0.3) is 0 Å². The van der Waals surface area contributed by atoms with Crippen LogP contribution in [0.5, 0.6) is 0 Å². The lowest BCUT2D eigenvalue weighted by molar-refractivity contribution is 0.477. The van der Waals surface area contributed by atoms with Crippen LogP contribution in [0.1, 0.15) is 30.4 Å². The van der Waals surface area contributed by atoms with Crippen LogP contribution in [0.15, 0.2) is 36.7 Å². The Morgan fingerprint density at radius 1 is 1.11 bits per heavy atom. The fraction of sp³-hybridized carbons (Fsp3) is 0.333. The van der Waals surface area contributed by atoms with Gasteiger partial charge in [0.2, 0.25) is 5.13 Å². The van der Waals surface area contributed by atoms with E-state index in [9.17, 15) is 0 Å². The Bertz CT molecular complexity index is 1070. The minimum absolute atomic E-state index is 0.335. The molecule has 1 saturated heterocycles. The first-order valence-electron chi connectivity index (χ1n) is 8.96. The van der Waals surface area contributed by atoms with Crippen LogP contribution in [0.4, 0.5) is 5.13 Å². The second kappa shape index (κ2) is 6.66. The molecular weight excluding hydrogens is 360 g/mol. The number of rotatable bonds is 3. The molecule has 0 atom stereocenters. The van der Waals surface area contributed by atoms with E-state index in [4.69, 9.17) is 5.10 Å². The topological polar surface area (TPSA) is 85.0 Å². The van der Waals surface area contributed by atoms with Gasteiger partial charge in [0, 0.05) is 48.5 Å². The highest BCUT2D eigenvalue weighted by molar-refractivity contribution is 7.09. The summed E-state index contributed by atoms with van der Waals surface area (Å²) in [6, 6.07) is 7.85. The van der Waals surface area contributed by atoms with Gasteiger partial charge in [-0.25, -0.2) is 4.98 Å². The van der Waals surface area contributed by atoms with Gasteiger partial charge in [0.15, 0.2) is 11.5 Å². The highest BCUT2D eigenvalue weighted by atomic mass is 32.1. The molecular formula is C18H18N8S. The Morgan fingerprint density at radius 2 is 2.00 bits per heavy atom. The van der Waals surface area contributed by atoms with Crippen LogP contribution in [-0.4, -0.2) is 47.2 Å². The van der Waals surface area contributed by atoms with E-state index in [1.807, 2.05) is 41.9 Å². The van der Waals surface area contributed by atoms with Crippen LogP contribution in [0.2, 0.25) is 0 Å². The molecule has 136 valence electrons. The highest BCUT2D eigenvalue weighted by Crippen LogP contribution is 2.30. The maximum Gasteiger partial charge on any atom is 0.205 e. The molecule has 8 nitrogen and oxygen atoms in total. The molecule has 4 aromatic heterocycles. The zero-order chi connectivity index (χ0) is 18.2. The third kappa shape index (κ3) is 3.03. The molecule has 5 heterocycles. The van der Waals surface area contributed by atoms with E-state index in [1.165, 1.54) is 11.5 Å². The van der Waals surface area contributed by atoms with Crippen LogP contribution in [0, 0.1) is 6.92 Å². The fourth-order valence-corrected chi connectivity index (χ4v) is 4.20. The van der Waals surface area contributed by atoms with Crippen molar-refractivity contribution in [1.29, 1.82) is 0 Å². The van der Waals surface area contributed by atoms with Crippen molar-refractivity contribution in [3.63, 3.8) is 0 Å². The molecule has 0 spiro atoms. The second-order valence-electron chi connectivity index (χ2n) is 6.67. The molecule has 0 radical (unpaired) electrons. The van der Waals surface area contributed by atoms with E-state index in [-0.39, 0.29) is 0 Å². The average Bonchev–Trinajstić information content (AvgIpc) is 3.34. The van der Waals surface area contributed by atoms with Crippen molar-refractivity contribution in [2.45, 2.75) is 25.7 Å². The van der Waals surface area contributed by atoms with Crippen molar-refractivity contribution in [1.82, 2.24) is 34.2 Å². The van der Waals surface area contributed by atoms with Crippen molar-refractivity contribution < 1.29 is 0 Å². The van der Waals surface area contributed by atoms with Gasteiger partial charge < -0.3 is 4.90 Å². The minimum atomic E-state index is 0.335. The van der Waals surface area contributed by atoms with Crippen molar-refractivity contribution in [3.8, 4) is 11.3 Å². The van der Waals surface area contributed by atoms with Gasteiger partial charge in [-0.1, -0.05) is 0 Å². The van der Waals surface area contributed by atoms with Gasteiger partial charge in [-0.05, 0) is 44.0 Å². The van der Waals surface area contributed by atoms with Crippen LogP contribution < -0.4 is 4.90 Å². The summed E-state index contributed by atoms with van der Waals surface area (Å²) in [4.78, 5) is 11.0. The van der Waals surface area contributed by atoms with Gasteiger partial charge in [-0.3, -0.25) is 4.98 Å². The van der Waals surface area contributed by atoms with E-state index in [0.29, 0.717) is 5.92 Å². The molecule has 1 aliphatic rings. The lowest BCUT2D eigenvalue weighted by Gasteiger charge is -2.30. The number of anilines is 1. The number of nitrogens with zero attached hydrogens (tertiary/aromatic N) is 8. The summed E-state index contributed by atoms with van der Waals surface area (Å²) < 4.78 is 6.17. The number of pyridine rings is 1. The molecule has 0 N–H and O–H groups in total. The Labute approximate surface area is 160 Å². The molecule has 27 heavy (non-hydrogen) atoms. The molecule has 0 aliphatic carbocycles. The van der Waals surface area contributed by atoms with Crippen LogP contribution in [-0.2, 0) is 0 Å². The normalized spacial score (nSPS) is 15.5. The van der Waals surface area contributed by atoms with E-state index in [1.54, 1.807) is 6.20 Å². The van der Waals surface area contributed by atoms with Crippen molar-refractivity contribution >= 4 is 22.3 Å². The summed E-state index contributed by atoms with van der Waals surface area (Å²) >= 11 is 1.47. The number of aryl methyl sites for hydroxylation is 1. The van der Waals surface area contributed by atoms with Gasteiger partial charge >= 0.3 is 0 Å².